The third-order valence-corrected chi connectivity index (χ3v) is 2.06. The minimum absolute atomic E-state index is 0.0498. The summed E-state index contributed by atoms with van der Waals surface area (Å²) < 4.78 is 13.4. The molecular formula is C11H10FNO4. The number of carbonyl (C=O) groups is 2. The van der Waals surface area contributed by atoms with Crippen molar-refractivity contribution in [1.29, 1.82) is 0 Å². The third kappa shape index (κ3) is 3.39. The molecule has 0 aromatic heterocycles. The zero-order chi connectivity index (χ0) is 13.0. The van der Waals surface area contributed by atoms with E-state index in [-0.39, 0.29) is 11.1 Å². The second kappa shape index (κ2) is 5.22. The molecule has 1 atom stereocenters. The van der Waals surface area contributed by atoms with Gasteiger partial charge in [-0.1, -0.05) is 12.1 Å². The van der Waals surface area contributed by atoms with E-state index in [1.54, 1.807) is 0 Å². The van der Waals surface area contributed by atoms with Gasteiger partial charge in [0.15, 0.2) is 0 Å². The molecule has 0 spiro atoms. The Morgan fingerprint density at radius 3 is 2.47 bits per heavy atom. The van der Waals surface area contributed by atoms with Gasteiger partial charge in [0.1, 0.15) is 11.9 Å². The van der Waals surface area contributed by atoms with Crippen LogP contribution in [0.2, 0.25) is 0 Å². The molecule has 0 amide bonds. The molecular weight excluding hydrogens is 229 g/mol. The number of hydrogen-bond acceptors (Lipinski definition) is 3. The SMILES string of the molecule is N[C@H](C(=O)O)c1ccc(/C=C/C(=O)O)c(F)c1. The Morgan fingerprint density at radius 1 is 1.35 bits per heavy atom. The van der Waals surface area contributed by atoms with Crippen molar-refractivity contribution >= 4 is 18.0 Å². The van der Waals surface area contributed by atoms with Crippen LogP contribution in [0.5, 0.6) is 0 Å². The van der Waals surface area contributed by atoms with Crippen LogP contribution in [-0.2, 0) is 9.59 Å². The maximum Gasteiger partial charge on any atom is 0.328 e. The predicted molar refractivity (Wildman–Crippen MR) is 57.6 cm³/mol. The molecule has 90 valence electrons. The van der Waals surface area contributed by atoms with Crippen LogP contribution in [0.15, 0.2) is 24.3 Å². The van der Waals surface area contributed by atoms with E-state index in [0.717, 1.165) is 18.2 Å². The maximum absolute atomic E-state index is 13.4. The molecule has 0 aliphatic carbocycles. The molecule has 0 saturated heterocycles. The predicted octanol–water partition coefficient (Wildman–Crippen LogP) is 1.01. The van der Waals surface area contributed by atoms with E-state index in [1.807, 2.05) is 0 Å². The first-order chi connectivity index (χ1) is 7.91. The van der Waals surface area contributed by atoms with Gasteiger partial charge < -0.3 is 15.9 Å². The Labute approximate surface area is 96.0 Å². The first-order valence-electron chi connectivity index (χ1n) is 4.60. The van der Waals surface area contributed by atoms with E-state index in [2.05, 4.69) is 0 Å². The minimum Gasteiger partial charge on any atom is -0.480 e. The highest BCUT2D eigenvalue weighted by Gasteiger charge is 2.15. The number of hydrogen-bond donors (Lipinski definition) is 3. The van der Waals surface area contributed by atoms with Gasteiger partial charge in [-0.15, -0.1) is 0 Å². The highest BCUT2D eigenvalue weighted by Crippen LogP contribution is 2.16. The maximum atomic E-state index is 13.4. The van der Waals surface area contributed by atoms with Gasteiger partial charge in [-0.3, -0.25) is 4.79 Å². The average molecular weight is 239 g/mol. The van der Waals surface area contributed by atoms with Gasteiger partial charge >= 0.3 is 11.9 Å². The largest absolute Gasteiger partial charge is 0.480 e. The van der Waals surface area contributed by atoms with Gasteiger partial charge in [-0.05, 0) is 17.7 Å². The molecule has 6 heteroatoms. The summed E-state index contributed by atoms with van der Waals surface area (Å²) in [6.07, 6.45) is 1.86. The number of benzene rings is 1. The lowest BCUT2D eigenvalue weighted by Crippen LogP contribution is -2.20. The van der Waals surface area contributed by atoms with Crippen molar-refractivity contribution in [3.63, 3.8) is 0 Å². The molecule has 0 radical (unpaired) electrons. The van der Waals surface area contributed by atoms with Crippen LogP contribution in [-0.4, -0.2) is 22.2 Å². The summed E-state index contributed by atoms with van der Waals surface area (Å²) in [6.45, 7) is 0. The molecule has 0 heterocycles. The van der Waals surface area contributed by atoms with Crippen LogP contribution in [0.4, 0.5) is 4.39 Å². The third-order valence-electron chi connectivity index (χ3n) is 2.06. The monoisotopic (exact) mass is 239 g/mol. The van der Waals surface area contributed by atoms with Crippen LogP contribution in [0.1, 0.15) is 17.2 Å². The highest BCUT2D eigenvalue weighted by atomic mass is 19.1. The van der Waals surface area contributed by atoms with Crippen molar-refractivity contribution in [2.45, 2.75) is 6.04 Å². The number of nitrogens with two attached hydrogens (primary N) is 1. The molecule has 1 aromatic rings. The zero-order valence-corrected chi connectivity index (χ0v) is 8.63. The molecule has 5 nitrogen and oxygen atoms in total. The van der Waals surface area contributed by atoms with Gasteiger partial charge in [-0.25, -0.2) is 9.18 Å². The fourth-order valence-corrected chi connectivity index (χ4v) is 1.18. The molecule has 0 bridgehead atoms. The zero-order valence-electron chi connectivity index (χ0n) is 8.63. The Hall–Kier alpha value is -2.21. The first kappa shape index (κ1) is 12.9. The molecule has 0 aliphatic heterocycles. The Morgan fingerprint density at radius 2 is 2.00 bits per heavy atom. The van der Waals surface area contributed by atoms with Crippen LogP contribution in [0.25, 0.3) is 6.08 Å². The summed E-state index contributed by atoms with van der Waals surface area (Å²) in [6, 6.07) is 2.28. The molecule has 4 N–H and O–H groups in total. The summed E-state index contributed by atoms with van der Waals surface area (Å²) in [5, 5.41) is 17.0. The van der Waals surface area contributed by atoms with Crippen molar-refractivity contribution in [2.24, 2.45) is 5.73 Å². The molecule has 0 unspecified atom stereocenters. The number of carboxylic acids is 2. The van der Waals surface area contributed by atoms with Crippen LogP contribution in [0.3, 0.4) is 0 Å². The van der Waals surface area contributed by atoms with Gasteiger partial charge in [-0.2, -0.15) is 0 Å². The fourth-order valence-electron chi connectivity index (χ4n) is 1.18. The normalized spacial score (nSPS) is 12.6. The summed E-state index contributed by atoms with van der Waals surface area (Å²) in [5.41, 5.74) is 5.46. The van der Waals surface area contributed by atoms with E-state index < -0.39 is 23.8 Å². The number of rotatable bonds is 4. The van der Waals surface area contributed by atoms with E-state index in [1.165, 1.54) is 12.1 Å². The van der Waals surface area contributed by atoms with Gasteiger partial charge in [0, 0.05) is 11.6 Å². The Balaban J connectivity index is 3.01. The Kier molecular flexibility index (Phi) is 3.95. The quantitative estimate of drug-likeness (QED) is 0.680. The summed E-state index contributed by atoms with van der Waals surface area (Å²) in [5.74, 6) is -3.19. The lowest BCUT2D eigenvalue weighted by atomic mass is 10.0. The molecule has 17 heavy (non-hydrogen) atoms. The summed E-state index contributed by atoms with van der Waals surface area (Å²) in [4.78, 5) is 20.8. The molecule has 0 saturated carbocycles. The summed E-state index contributed by atoms with van der Waals surface area (Å²) >= 11 is 0. The number of aliphatic carboxylic acids is 2. The van der Waals surface area contributed by atoms with Gasteiger partial charge in [0.25, 0.3) is 0 Å². The smallest absolute Gasteiger partial charge is 0.328 e. The lowest BCUT2D eigenvalue weighted by molar-refractivity contribution is -0.138. The van der Waals surface area contributed by atoms with Crippen molar-refractivity contribution in [3.8, 4) is 0 Å². The van der Waals surface area contributed by atoms with E-state index in [9.17, 15) is 14.0 Å². The van der Waals surface area contributed by atoms with Gasteiger partial charge in [0.2, 0.25) is 0 Å². The van der Waals surface area contributed by atoms with Crippen molar-refractivity contribution in [2.75, 3.05) is 0 Å². The van der Waals surface area contributed by atoms with E-state index in [4.69, 9.17) is 15.9 Å². The number of halogens is 1. The Bertz CT molecular complexity index is 484. The van der Waals surface area contributed by atoms with Crippen LogP contribution in [0, 0.1) is 5.82 Å². The van der Waals surface area contributed by atoms with Crippen molar-refractivity contribution < 1.29 is 24.2 Å². The molecule has 0 fully saturated rings. The lowest BCUT2D eigenvalue weighted by Gasteiger charge is -2.07. The minimum atomic E-state index is -1.30. The van der Waals surface area contributed by atoms with E-state index in [0.29, 0.717) is 0 Å². The van der Waals surface area contributed by atoms with E-state index >= 15 is 0 Å². The topological polar surface area (TPSA) is 101 Å². The fraction of sp³-hybridized carbons (Fsp3) is 0.0909. The second-order valence-corrected chi connectivity index (χ2v) is 3.27. The second-order valence-electron chi connectivity index (χ2n) is 3.27. The van der Waals surface area contributed by atoms with Crippen molar-refractivity contribution in [1.82, 2.24) is 0 Å². The average Bonchev–Trinajstić information content (AvgIpc) is 2.26. The first-order valence-corrected chi connectivity index (χ1v) is 4.60. The summed E-state index contributed by atoms with van der Waals surface area (Å²) in [7, 11) is 0. The molecule has 0 aliphatic rings. The number of carboxylic acid groups (broad SMARTS) is 2. The molecule has 1 rings (SSSR count). The van der Waals surface area contributed by atoms with Crippen LogP contribution < -0.4 is 5.73 Å². The van der Waals surface area contributed by atoms with Gasteiger partial charge in [0.05, 0.1) is 0 Å². The van der Waals surface area contributed by atoms with Crippen molar-refractivity contribution in [3.05, 3.63) is 41.2 Å². The molecule has 1 aromatic carbocycles. The van der Waals surface area contributed by atoms with Crippen LogP contribution >= 0.6 is 0 Å². The standard InChI is InChI=1S/C11H10FNO4/c12-8-5-7(10(13)11(16)17)2-1-6(8)3-4-9(14)15/h1-5,10H,13H2,(H,14,15)(H,16,17)/b4-3+/t10-/m0/s1. The highest BCUT2D eigenvalue weighted by molar-refractivity contribution is 5.85.